The predicted octanol–water partition coefficient (Wildman–Crippen LogP) is 5.40. The maximum Gasteiger partial charge on any atom is 0.307 e. The van der Waals surface area contributed by atoms with Crippen LogP contribution < -0.4 is 0 Å². The molecule has 1 fully saturated rings. The van der Waals surface area contributed by atoms with Crippen molar-refractivity contribution in [3.05, 3.63) is 54.1 Å². The van der Waals surface area contributed by atoms with Gasteiger partial charge in [0.1, 0.15) is 0 Å². The Hall–Kier alpha value is -2.29. The van der Waals surface area contributed by atoms with E-state index in [2.05, 4.69) is 18.2 Å². The van der Waals surface area contributed by atoms with Crippen molar-refractivity contribution in [2.45, 2.75) is 22.3 Å². The molecule has 2 aromatic carbocycles. The first-order valence-electron chi connectivity index (χ1n) is 8.09. The van der Waals surface area contributed by atoms with E-state index in [4.69, 9.17) is 0 Å². The lowest BCUT2D eigenvalue weighted by Gasteiger charge is -2.32. The molecule has 5 heteroatoms. The second kappa shape index (κ2) is 6.55. The van der Waals surface area contributed by atoms with E-state index in [1.165, 1.54) is 0 Å². The first kappa shape index (κ1) is 16.2. The maximum atomic E-state index is 11.2. The van der Waals surface area contributed by atoms with Crippen molar-refractivity contribution in [2.75, 3.05) is 0 Å². The number of benzene rings is 2. The van der Waals surface area contributed by atoms with E-state index in [0.29, 0.717) is 5.56 Å². The number of fused-ring (bicyclic) bond motifs is 1. The van der Waals surface area contributed by atoms with E-state index in [1.54, 1.807) is 23.1 Å². The number of hydrogen-bond donors (Lipinski definition) is 1. The second-order valence-electron chi connectivity index (χ2n) is 6.12. The molecule has 0 aliphatic heterocycles. The van der Waals surface area contributed by atoms with E-state index in [1.807, 2.05) is 36.4 Å². The maximum absolute atomic E-state index is 11.2. The first-order valence-corrected chi connectivity index (χ1v) is 9.78. The van der Waals surface area contributed by atoms with Gasteiger partial charge in [0.05, 0.1) is 21.8 Å². The highest BCUT2D eigenvalue weighted by Gasteiger charge is 2.37. The number of carboxylic acids is 1. The normalized spacial score (nSPS) is 19.3. The van der Waals surface area contributed by atoms with E-state index < -0.39 is 5.97 Å². The van der Waals surface area contributed by atoms with E-state index >= 15 is 0 Å². The molecule has 3 nitrogen and oxygen atoms in total. The summed E-state index contributed by atoms with van der Waals surface area (Å²) in [6, 6.07) is 18.3. The number of carboxylic acid groups (broad SMARTS) is 1. The van der Waals surface area contributed by atoms with Crippen molar-refractivity contribution in [3.8, 4) is 16.5 Å². The van der Waals surface area contributed by atoms with Gasteiger partial charge < -0.3 is 5.11 Å². The van der Waals surface area contributed by atoms with Crippen molar-refractivity contribution in [3.63, 3.8) is 0 Å². The summed E-state index contributed by atoms with van der Waals surface area (Å²) in [5, 5.41) is 20.7. The van der Waals surface area contributed by atoms with Crippen molar-refractivity contribution in [1.82, 2.24) is 0 Å². The van der Waals surface area contributed by atoms with Crippen molar-refractivity contribution >= 4 is 39.8 Å². The van der Waals surface area contributed by atoms with Gasteiger partial charge in [0.25, 0.3) is 0 Å². The Morgan fingerprint density at radius 1 is 1.12 bits per heavy atom. The Morgan fingerprint density at radius 2 is 1.92 bits per heavy atom. The average Bonchev–Trinajstić information content (AvgIpc) is 3.05. The average molecular weight is 365 g/mol. The highest BCUT2D eigenvalue weighted by Crippen LogP contribution is 2.45. The van der Waals surface area contributed by atoms with Crippen LogP contribution in [0, 0.1) is 17.2 Å². The van der Waals surface area contributed by atoms with Gasteiger partial charge >= 0.3 is 5.97 Å². The summed E-state index contributed by atoms with van der Waals surface area (Å²) >= 11 is 3.37. The van der Waals surface area contributed by atoms with E-state index in [9.17, 15) is 15.2 Å². The standard InChI is InChI=1S/C20H15NO2S2/c21-11-12-5-6-15(14-4-2-1-3-13(12)14)17-9-10-19(24-17)25-18-8-7-16(18)20(22)23/h1-6,9-10,16,18H,7-8H2,(H,22,23). The molecular weight excluding hydrogens is 350 g/mol. The molecule has 124 valence electrons. The van der Waals surface area contributed by atoms with Crippen LogP contribution in [0.15, 0.2) is 52.7 Å². The quantitative estimate of drug-likeness (QED) is 0.673. The van der Waals surface area contributed by atoms with Gasteiger partial charge in [0.2, 0.25) is 0 Å². The Balaban J connectivity index is 1.66. The van der Waals surface area contributed by atoms with Crippen LogP contribution in [-0.4, -0.2) is 16.3 Å². The van der Waals surface area contributed by atoms with Gasteiger partial charge in [-0.05, 0) is 42.0 Å². The smallest absolute Gasteiger partial charge is 0.307 e. The molecule has 1 heterocycles. The fourth-order valence-electron chi connectivity index (χ4n) is 3.18. The Kier molecular flexibility index (Phi) is 4.24. The summed E-state index contributed by atoms with van der Waals surface area (Å²) in [6.07, 6.45) is 1.75. The van der Waals surface area contributed by atoms with Crippen LogP contribution in [0.25, 0.3) is 21.2 Å². The van der Waals surface area contributed by atoms with E-state index in [0.717, 1.165) is 38.3 Å². The Morgan fingerprint density at radius 3 is 2.60 bits per heavy atom. The first-order chi connectivity index (χ1) is 12.2. The molecular formula is C20H15NO2S2. The van der Waals surface area contributed by atoms with Crippen LogP contribution in [0.2, 0.25) is 0 Å². The molecule has 0 spiro atoms. The Bertz CT molecular complexity index is 1000. The third kappa shape index (κ3) is 2.92. The minimum absolute atomic E-state index is 0.182. The lowest BCUT2D eigenvalue weighted by molar-refractivity contribution is -0.144. The Labute approximate surface area is 153 Å². The minimum Gasteiger partial charge on any atom is -0.481 e. The molecule has 1 saturated carbocycles. The molecule has 4 rings (SSSR count). The van der Waals surface area contributed by atoms with Gasteiger partial charge in [-0.3, -0.25) is 4.79 Å². The lowest BCUT2D eigenvalue weighted by Crippen LogP contribution is -2.34. The zero-order valence-electron chi connectivity index (χ0n) is 13.3. The van der Waals surface area contributed by atoms with Gasteiger partial charge in [-0.2, -0.15) is 5.26 Å². The van der Waals surface area contributed by atoms with Crippen LogP contribution in [0.3, 0.4) is 0 Å². The zero-order chi connectivity index (χ0) is 17.4. The predicted molar refractivity (Wildman–Crippen MR) is 102 cm³/mol. The fourth-order valence-corrected chi connectivity index (χ4v) is 5.91. The molecule has 1 aliphatic rings. The summed E-state index contributed by atoms with van der Waals surface area (Å²) in [7, 11) is 0. The number of carbonyl (C=O) groups is 1. The van der Waals surface area contributed by atoms with E-state index in [-0.39, 0.29) is 11.2 Å². The van der Waals surface area contributed by atoms with Crippen molar-refractivity contribution < 1.29 is 9.90 Å². The molecule has 1 aromatic heterocycles. The number of nitriles is 1. The lowest BCUT2D eigenvalue weighted by atomic mass is 9.85. The number of thioether (sulfide) groups is 1. The van der Waals surface area contributed by atoms with Gasteiger partial charge in [-0.1, -0.05) is 30.3 Å². The molecule has 25 heavy (non-hydrogen) atoms. The number of thiophene rings is 1. The SMILES string of the molecule is N#Cc1ccc(-c2ccc(SC3CCC3C(=O)O)s2)c2ccccc12. The van der Waals surface area contributed by atoms with Crippen LogP contribution in [0.5, 0.6) is 0 Å². The summed E-state index contributed by atoms with van der Waals surface area (Å²) in [5.41, 5.74) is 1.80. The van der Waals surface area contributed by atoms with Gasteiger partial charge in [-0.25, -0.2) is 0 Å². The van der Waals surface area contributed by atoms with Gasteiger partial charge in [0, 0.05) is 15.5 Å². The van der Waals surface area contributed by atoms with Crippen molar-refractivity contribution in [2.24, 2.45) is 5.92 Å². The topological polar surface area (TPSA) is 61.1 Å². The number of hydrogen-bond acceptors (Lipinski definition) is 4. The molecule has 0 radical (unpaired) electrons. The second-order valence-corrected chi connectivity index (χ2v) is 8.74. The van der Waals surface area contributed by atoms with Crippen molar-refractivity contribution in [1.29, 1.82) is 5.26 Å². The molecule has 1 aliphatic carbocycles. The summed E-state index contributed by atoms with van der Waals surface area (Å²) in [6.45, 7) is 0. The number of rotatable bonds is 4. The fraction of sp³-hybridized carbons (Fsp3) is 0.200. The highest BCUT2D eigenvalue weighted by molar-refractivity contribution is 8.01. The van der Waals surface area contributed by atoms with Gasteiger partial charge in [0.15, 0.2) is 0 Å². The molecule has 0 amide bonds. The molecule has 2 unspecified atom stereocenters. The van der Waals surface area contributed by atoms with Gasteiger partial charge in [-0.15, -0.1) is 23.1 Å². The molecule has 2 atom stereocenters. The van der Waals surface area contributed by atoms with Crippen LogP contribution in [0.1, 0.15) is 18.4 Å². The summed E-state index contributed by atoms with van der Waals surface area (Å²) in [5.74, 6) is -0.898. The summed E-state index contributed by atoms with van der Waals surface area (Å²) in [4.78, 5) is 12.3. The monoisotopic (exact) mass is 365 g/mol. The molecule has 0 bridgehead atoms. The third-order valence-corrected chi connectivity index (χ3v) is 7.37. The van der Waals surface area contributed by atoms with Crippen LogP contribution >= 0.6 is 23.1 Å². The number of nitrogens with zero attached hydrogens (tertiary/aromatic N) is 1. The highest BCUT2D eigenvalue weighted by atomic mass is 32.2. The van der Waals surface area contributed by atoms with Crippen LogP contribution in [-0.2, 0) is 4.79 Å². The molecule has 3 aromatic rings. The zero-order valence-corrected chi connectivity index (χ0v) is 14.9. The van der Waals surface area contributed by atoms with Crippen LogP contribution in [0.4, 0.5) is 0 Å². The largest absolute Gasteiger partial charge is 0.481 e. The summed E-state index contributed by atoms with van der Waals surface area (Å²) < 4.78 is 1.15. The number of aliphatic carboxylic acids is 1. The molecule has 1 N–H and O–H groups in total. The molecule has 0 saturated heterocycles. The minimum atomic E-state index is -0.682. The third-order valence-electron chi connectivity index (χ3n) is 4.69.